The highest BCUT2D eigenvalue weighted by Crippen LogP contribution is 2.36. The average molecular weight is 519 g/mol. The lowest BCUT2D eigenvalue weighted by Gasteiger charge is -2.12. The highest BCUT2D eigenvalue weighted by molar-refractivity contribution is 8.18. The molecule has 4 rings (SSSR count). The van der Waals surface area contributed by atoms with Crippen LogP contribution in [0, 0.1) is 0 Å². The summed E-state index contributed by atoms with van der Waals surface area (Å²) < 4.78 is 16.6. The van der Waals surface area contributed by atoms with Crippen LogP contribution in [0.3, 0.4) is 0 Å². The summed E-state index contributed by atoms with van der Waals surface area (Å²) in [6.45, 7) is 2.59. The second kappa shape index (κ2) is 11.7. The second-order valence-corrected chi connectivity index (χ2v) is 8.97. The third kappa shape index (κ3) is 6.13. The number of amides is 1. The van der Waals surface area contributed by atoms with Crippen LogP contribution in [-0.2, 0) is 11.4 Å². The Balaban J connectivity index is 1.52. The molecule has 0 saturated carbocycles. The molecular formula is C28H26N2O6S. The van der Waals surface area contributed by atoms with Gasteiger partial charge in [0.25, 0.3) is 5.91 Å². The smallest absolute Gasteiger partial charge is 0.335 e. The minimum Gasteiger partial charge on any atom is -0.497 e. The fourth-order valence-corrected chi connectivity index (χ4v) is 4.70. The van der Waals surface area contributed by atoms with Crippen molar-refractivity contribution in [2.24, 2.45) is 4.99 Å². The number of hydrogen-bond acceptors (Lipinski definition) is 7. The van der Waals surface area contributed by atoms with Gasteiger partial charge in [0.2, 0.25) is 0 Å². The van der Waals surface area contributed by atoms with E-state index in [2.05, 4.69) is 4.99 Å². The zero-order chi connectivity index (χ0) is 26.4. The van der Waals surface area contributed by atoms with Crippen LogP contribution in [0.5, 0.6) is 17.2 Å². The maximum absolute atomic E-state index is 13.0. The molecule has 0 aromatic heterocycles. The molecule has 3 aromatic rings. The zero-order valence-electron chi connectivity index (χ0n) is 20.6. The SMILES string of the molecule is CCN1C(=O)/C(=C\c2ccc(OCc3cccc(C(=O)O)c3)c(OC)c2)SC1=Nc1ccc(OC)cc1. The highest BCUT2D eigenvalue weighted by atomic mass is 32.2. The number of rotatable bonds is 9. The number of nitrogens with zero attached hydrogens (tertiary/aromatic N) is 2. The van der Waals surface area contributed by atoms with E-state index in [-0.39, 0.29) is 18.1 Å². The number of hydrogen-bond donors (Lipinski definition) is 1. The van der Waals surface area contributed by atoms with Gasteiger partial charge in [-0.2, -0.15) is 0 Å². The van der Waals surface area contributed by atoms with Gasteiger partial charge in [0.1, 0.15) is 12.4 Å². The van der Waals surface area contributed by atoms with Gasteiger partial charge in [0, 0.05) is 6.54 Å². The van der Waals surface area contributed by atoms with E-state index in [1.165, 1.54) is 24.9 Å². The van der Waals surface area contributed by atoms with E-state index in [0.717, 1.165) is 22.6 Å². The normalized spacial score (nSPS) is 15.3. The van der Waals surface area contributed by atoms with E-state index in [0.29, 0.717) is 28.1 Å². The van der Waals surface area contributed by atoms with Crippen LogP contribution >= 0.6 is 11.8 Å². The topological polar surface area (TPSA) is 97.7 Å². The second-order valence-electron chi connectivity index (χ2n) is 7.96. The molecular weight excluding hydrogens is 492 g/mol. The summed E-state index contributed by atoms with van der Waals surface area (Å²) in [5, 5.41) is 9.79. The standard InChI is InChI=1S/C28H26N2O6S/c1-4-30-26(31)25(37-28(30)29-21-9-11-22(34-2)12-10-21)16-18-8-13-23(24(15-18)35-3)36-17-19-6-5-7-20(14-19)27(32)33/h5-16H,4,17H2,1-3H3,(H,32,33)/b25-16+,29-28?. The van der Waals surface area contributed by atoms with Crippen LogP contribution in [0.15, 0.2) is 76.6 Å². The molecule has 1 heterocycles. The molecule has 37 heavy (non-hydrogen) atoms. The number of thioether (sulfide) groups is 1. The lowest BCUT2D eigenvalue weighted by molar-refractivity contribution is -0.122. The molecule has 1 saturated heterocycles. The molecule has 0 bridgehead atoms. The summed E-state index contributed by atoms with van der Waals surface area (Å²) >= 11 is 1.32. The quantitative estimate of drug-likeness (QED) is 0.368. The Morgan fingerprint density at radius 1 is 1.03 bits per heavy atom. The molecule has 190 valence electrons. The number of aliphatic imine (C=N–C) groups is 1. The first kappa shape index (κ1) is 25.8. The summed E-state index contributed by atoms with van der Waals surface area (Å²) in [6.07, 6.45) is 1.80. The van der Waals surface area contributed by atoms with E-state index in [9.17, 15) is 14.7 Å². The lowest BCUT2D eigenvalue weighted by Crippen LogP contribution is -2.28. The largest absolute Gasteiger partial charge is 0.497 e. The van der Waals surface area contributed by atoms with E-state index in [1.54, 1.807) is 48.4 Å². The number of likely N-dealkylation sites (N-methyl/N-ethyl adjacent to an activating group) is 1. The number of amidine groups is 1. The van der Waals surface area contributed by atoms with Crippen LogP contribution in [0.2, 0.25) is 0 Å². The first-order valence-electron chi connectivity index (χ1n) is 11.5. The van der Waals surface area contributed by atoms with Gasteiger partial charge in [-0.15, -0.1) is 0 Å². The number of carboxylic acid groups (broad SMARTS) is 1. The van der Waals surface area contributed by atoms with Crippen molar-refractivity contribution in [1.29, 1.82) is 0 Å². The first-order chi connectivity index (χ1) is 17.9. The maximum Gasteiger partial charge on any atom is 0.335 e. The van der Waals surface area contributed by atoms with E-state index in [1.807, 2.05) is 37.3 Å². The van der Waals surface area contributed by atoms with Crippen LogP contribution in [0.4, 0.5) is 5.69 Å². The summed E-state index contributed by atoms with van der Waals surface area (Å²) in [7, 11) is 3.15. The number of carboxylic acids is 1. The van der Waals surface area contributed by atoms with Gasteiger partial charge in [-0.05, 0) is 84.4 Å². The Bertz CT molecular complexity index is 1370. The highest BCUT2D eigenvalue weighted by Gasteiger charge is 2.32. The van der Waals surface area contributed by atoms with Gasteiger partial charge in [-0.3, -0.25) is 9.69 Å². The molecule has 0 spiro atoms. The average Bonchev–Trinajstić information content (AvgIpc) is 3.21. The van der Waals surface area contributed by atoms with Crippen molar-refractivity contribution in [3.05, 3.63) is 88.3 Å². The van der Waals surface area contributed by atoms with E-state index >= 15 is 0 Å². The Morgan fingerprint density at radius 3 is 2.49 bits per heavy atom. The van der Waals surface area contributed by atoms with Gasteiger partial charge in [-0.1, -0.05) is 18.2 Å². The van der Waals surface area contributed by atoms with Crippen molar-refractivity contribution < 1.29 is 28.9 Å². The monoisotopic (exact) mass is 518 g/mol. The zero-order valence-corrected chi connectivity index (χ0v) is 21.5. The molecule has 0 unspecified atom stereocenters. The van der Waals surface area contributed by atoms with Crippen molar-refractivity contribution in [3.63, 3.8) is 0 Å². The molecule has 1 N–H and O–H groups in total. The molecule has 0 atom stereocenters. The fraction of sp³-hybridized carbons (Fsp3) is 0.179. The van der Waals surface area contributed by atoms with Crippen LogP contribution in [0.1, 0.15) is 28.4 Å². The van der Waals surface area contributed by atoms with Crippen molar-refractivity contribution in [3.8, 4) is 17.2 Å². The van der Waals surface area contributed by atoms with E-state index < -0.39 is 5.97 Å². The minimum atomic E-state index is -0.991. The Kier molecular flexibility index (Phi) is 8.15. The minimum absolute atomic E-state index is 0.114. The van der Waals surface area contributed by atoms with Gasteiger partial charge in [0.15, 0.2) is 16.7 Å². The Hall–Kier alpha value is -4.24. The molecule has 1 aliphatic rings. The molecule has 0 radical (unpaired) electrons. The number of benzene rings is 3. The molecule has 3 aromatic carbocycles. The maximum atomic E-state index is 13.0. The number of aromatic carboxylic acids is 1. The number of carbonyl (C=O) groups excluding carboxylic acids is 1. The third-order valence-corrected chi connectivity index (χ3v) is 6.56. The van der Waals surface area contributed by atoms with Gasteiger partial charge >= 0.3 is 5.97 Å². The molecule has 0 aliphatic carbocycles. The summed E-state index contributed by atoms with van der Waals surface area (Å²) in [5.74, 6) is 0.640. The molecule has 1 amide bonds. The van der Waals surface area contributed by atoms with Crippen LogP contribution in [0.25, 0.3) is 6.08 Å². The first-order valence-corrected chi connectivity index (χ1v) is 12.3. The number of ether oxygens (including phenoxy) is 3. The number of methoxy groups -OCH3 is 2. The fourth-order valence-electron chi connectivity index (χ4n) is 3.64. The predicted octanol–water partition coefficient (Wildman–Crippen LogP) is 5.60. The van der Waals surface area contributed by atoms with Crippen molar-refractivity contribution in [1.82, 2.24) is 4.90 Å². The molecule has 8 nitrogen and oxygen atoms in total. The molecule has 9 heteroatoms. The summed E-state index contributed by atoms with van der Waals surface area (Å²) in [5.41, 5.74) is 2.43. The van der Waals surface area contributed by atoms with Gasteiger partial charge < -0.3 is 19.3 Å². The Morgan fingerprint density at radius 2 is 1.81 bits per heavy atom. The summed E-state index contributed by atoms with van der Waals surface area (Å²) in [4.78, 5) is 31.1. The van der Waals surface area contributed by atoms with Crippen molar-refractivity contribution >= 4 is 40.6 Å². The van der Waals surface area contributed by atoms with Crippen LogP contribution < -0.4 is 14.2 Å². The molecule has 1 fully saturated rings. The lowest BCUT2D eigenvalue weighted by atomic mass is 10.1. The van der Waals surface area contributed by atoms with E-state index in [4.69, 9.17) is 14.2 Å². The van der Waals surface area contributed by atoms with Gasteiger partial charge in [-0.25, -0.2) is 9.79 Å². The Labute approximate surface area is 219 Å². The summed E-state index contributed by atoms with van der Waals surface area (Å²) in [6, 6.07) is 19.3. The number of carbonyl (C=O) groups is 2. The third-order valence-electron chi connectivity index (χ3n) is 5.56. The van der Waals surface area contributed by atoms with Crippen LogP contribution in [-0.4, -0.2) is 47.8 Å². The predicted molar refractivity (Wildman–Crippen MR) is 144 cm³/mol. The van der Waals surface area contributed by atoms with Crippen molar-refractivity contribution in [2.45, 2.75) is 13.5 Å². The van der Waals surface area contributed by atoms with Gasteiger partial charge in [0.05, 0.1) is 30.4 Å². The molecule has 1 aliphatic heterocycles. The van der Waals surface area contributed by atoms with Crippen molar-refractivity contribution in [2.75, 3.05) is 20.8 Å².